The second-order valence-corrected chi connectivity index (χ2v) is 6.05. The molecule has 3 rings (SSSR count). The third kappa shape index (κ3) is 3.08. The number of halogens is 1. The third-order valence-corrected chi connectivity index (χ3v) is 4.23. The van der Waals surface area contributed by atoms with Gasteiger partial charge in [-0.2, -0.15) is 0 Å². The van der Waals surface area contributed by atoms with Crippen LogP contribution in [-0.4, -0.2) is 11.0 Å². The second-order valence-electron chi connectivity index (χ2n) is 5.66. The number of nitrogens with one attached hydrogen (secondary N) is 1. The number of hydrogen-bond donors (Lipinski definition) is 1. The monoisotopic (exact) mass is 340 g/mol. The number of aryl methyl sites for hydroxylation is 2. The molecular formula is C19H17FN2OS. The molecule has 2 aromatic rings. The van der Waals surface area contributed by atoms with Crippen molar-refractivity contribution in [3.63, 3.8) is 0 Å². The quantitative estimate of drug-likeness (QED) is 0.678. The van der Waals surface area contributed by atoms with Gasteiger partial charge in [-0.15, -0.1) is 0 Å². The average Bonchev–Trinajstić information content (AvgIpc) is 2.85. The first kappa shape index (κ1) is 16.3. The fraction of sp³-hybridized carbons (Fsp3) is 0.158. The van der Waals surface area contributed by atoms with E-state index in [2.05, 4.69) is 12.2 Å². The Balaban J connectivity index is 1.93. The number of thiocarbonyl (C=S) groups is 1. The van der Waals surface area contributed by atoms with Crippen LogP contribution < -0.4 is 10.2 Å². The maximum atomic E-state index is 13.4. The van der Waals surface area contributed by atoms with Crippen LogP contribution in [-0.2, 0) is 11.2 Å². The summed E-state index contributed by atoms with van der Waals surface area (Å²) < 4.78 is 13.4. The zero-order valence-electron chi connectivity index (χ0n) is 13.5. The molecule has 1 saturated heterocycles. The molecule has 0 aromatic heterocycles. The summed E-state index contributed by atoms with van der Waals surface area (Å²) in [6.07, 6.45) is 2.57. The lowest BCUT2D eigenvalue weighted by molar-refractivity contribution is -0.113. The van der Waals surface area contributed by atoms with Crippen LogP contribution >= 0.6 is 12.2 Å². The summed E-state index contributed by atoms with van der Waals surface area (Å²) in [6.45, 7) is 3.75. The van der Waals surface area contributed by atoms with Crippen molar-refractivity contribution in [2.24, 2.45) is 0 Å². The molecule has 1 aliphatic heterocycles. The number of anilines is 1. The minimum Gasteiger partial charge on any atom is -0.327 e. The smallest absolute Gasteiger partial charge is 0.281 e. The molecule has 0 aliphatic carbocycles. The predicted octanol–water partition coefficient (Wildman–Crippen LogP) is 3.96. The molecule has 5 heteroatoms. The molecule has 2 aromatic carbocycles. The van der Waals surface area contributed by atoms with Crippen LogP contribution in [0.5, 0.6) is 0 Å². The van der Waals surface area contributed by atoms with Crippen LogP contribution in [0.25, 0.3) is 6.08 Å². The minimum atomic E-state index is -0.267. The van der Waals surface area contributed by atoms with Crippen LogP contribution in [0.15, 0.2) is 48.2 Å². The van der Waals surface area contributed by atoms with Crippen molar-refractivity contribution >= 4 is 35.0 Å². The van der Waals surface area contributed by atoms with E-state index in [1.165, 1.54) is 11.0 Å². The number of rotatable bonds is 3. The molecule has 0 unspecified atom stereocenters. The topological polar surface area (TPSA) is 32.3 Å². The van der Waals surface area contributed by atoms with Crippen molar-refractivity contribution in [3.05, 3.63) is 70.7 Å². The zero-order valence-corrected chi connectivity index (χ0v) is 14.3. The Morgan fingerprint density at radius 3 is 2.75 bits per heavy atom. The molecule has 0 spiro atoms. The van der Waals surface area contributed by atoms with E-state index in [1.54, 1.807) is 25.1 Å². The lowest BCUT2D eigenvalue weighted by Gasteiger charge is -2.14. The van der Waals surface area contributed by atoms with Crippen molar-refractivity contribution in [1.82, 2.24) is 5.32 Å². The molecule has 122 valence electrons. The Hall–Kier alpha value is -2.53. The number of amides is 1. The van der Waals surface area contributed by atoms with E-state index < -0.39 is 0 Å². The summed E-state index contributed by atoms with van der Waals surface area (Å²) >= 11 is 5.31. The SMILES string of the molecule is CCc1cccc(N2C(=O)/C(=C/c3ccc(F)c(C)c3)NC2=S)c1. The van der Waals surface area contributed by atoms with Crippen molar-refractivity contribution in [2.75, 3.05) is 4.90 Å². The maximum absolute atomic E-state index is 13.4. The van der Waals surface area contributed by atoms with Gasteiger partial charge < -0.3 is 5.32 Å². The molecule has 24 heavy (non-hydrogen) atoms. The lowest BCUT2D eigenvalue weighted by atomic mass is 10.1. The molecular weight excluding hydrogens is 323 g/mol. The summed E-state index contributed by atoms with van der Waals surface area (Å²) in [5.41, 5.74) is 3.54. The fourth-order valence-electron chi connectivity index (χ4n) is 2.61. The van der Waals surface area contributed by atoms with Gasteiger partial charge in [-0.3, -0.25) is 9.69 Å². The number of carbonyl (C=O) groups excluding carboxylic acids is 1. The molecule has 1 heterocycles. The van der Waals surface area contributed by atoms with Gasteiger partial charge in [0.1, 0.15) is 11.5 Å². The molecule has 0 radical (unpaired) electrons. The van der Waals surface area contributed by atoms with Gasteiger partial charge in [0.2, 0.25) is 0 Å². The third-order valence-electron chi connectivity index (χ3n) is 3.95. The van der Waals surface area contributed by atoms with Gasteiger partial charge in [0.25, 0.3) is 5.91 Å². The molecule has 0 bridgehead atoms. The number of nitrogens with zero attached hydrogens (tertiary/aromatic N) is 1. The Bertz CT molecular complexity index is 860. The summed E-state index contributed by atoms with van der Waals surface area (Å²) in [5, 5.41) is 3.29. The number of hydrogen-bond acceptors (Lipinski definition) is 2. The highest BCUT2D eigenvalue weighted by Crippen LogP contribution is 2.24. The summed E-state index contributed by atoms with van der Waals surface area (Å²) in [7, 11) is 0. The fourth-order valence-corrected chi connectivity index (χ4v) is 2.91. The molecule has 1 aliphatic rings. The van der Waals surface area contributed by atoms with E-state index in [0.29, 0.717) is 16.4 Å². The molecule has 1 amide bonds. The largest absolute Gasteiger partial charge is 0.327 e. The van der Waals surface area contributed by atoms with Crippen molar-refractivity contribution in [1.29, 1.82) is 0 Å². The minimum absolute atomic E-state index is 0.213. The molecule has 3 nitrogen and oxygen atoms in total. The van der Waals surface area contributed by atoms with Gasteiger partial charge in [-0.25, -0.2) is 4.39 Å². The Morgan fingerprint density at radius 2 is 2.04 bits per heavy atom. The highest BCUT2D eigenvalue weighted by atomic mass is 32.1. The van der Waals surface area contributed by atoms with Crippen LogP contribution in [0.1, 0.15) is 23.6 Å². The van der Waals surface area contributed by atoms with Crippen molar-refractivity contribution in [3.8, 4) is 0 Å². The standard InChI is InChI=1S/C19H17FN2OS/c1-3-13-5-4-6-15(10-13)22-18(23)17(21-19(22)24)11-14-7-8-16(20)12(2)9-14/h4-11H,3H2,1-2H3,(H,21,24)/b17-11-. The average molecular weight is 340 g/mol. The van der Waals surface area contributed by atoms with Crippen LogP contribution in [0.2, 0.25) is 0 Å². The van der Waals surface area contributed by atoms with E-state index in [9.17, 15) is 9.18 Å². The van der Waals surface area contributed by atoms with Gasteiger partial charge in [0.15, 0.2) is 5.11 Å². The second kappa shape index (κ2) is 6.53. The van der Waals surface area contributed by atoms with Crippen LogP contribution in [0.4, 0.5) is 10.1 Å². The Kier molecular flexibility index (Phi) is 4.44. The van der Waals surface area contributed by atoms with Crippen molar-refractivity contribution < 1.29 is 9.18 Å². The Morgan fingerprint density at radius 1 is 1.25 bits per heavy atom. The highest BCUT2D eigenvalue weighted by molar-refractivity contribution is 7.80. The summed E-state index contributed by atoms with van der Waals surface area (Å²) in [6, 6.07) is 12.5. The van der Waals surface area contributed by atoms with E-state index in [0.717, 1.165) is 23.2 Å². The first-order valence-corrected chi connectivity index (χ1v) is 8.12. The lowest BCUT2D eigenvalue weighted by Crippen LogP contribution is -2.30. The zero-order chi connectivity index (χ0) is 17.3. The number of benzene rings is 2. The van der Waals surface area contributed by atoms with Gasteiger partial charge in [0.05, 0.1) is 5.69 Å². The summed E-state index contributed by atoms with van der Waals surface area (Å²) in [4.78, 5) is 14.2. The van der Waals surface area contributed by atoms with E-state index in [1.807, 2.05) is 24.3 Å². The van der Waals surface area contributed by atoms with E-state index in [4.69, 9.17) is 12.2 Å². The van der Waals surface area contributed by atoms with Gasteiger partial charge >= 0.3 is 0 Å². The normalized spacial score (nSPS) is 16.0. The van der Waals surface area contributed by atoms with Crippen LogP contribution in [0, 0.1) is 12.7 Å². The van der Waals surface area contributed by atoms with Gasteiger partial charge in [-0.1, -0.05) is 25.1 Å². The molecule has 1 N–H and O–H groups in total. The predicted molar refractivity (Wildman–Crippen MR) is 98.2 cm³/mol. The van der Waals surface area contributed by atoms with Gasteiger partial charge in [-0.05, 0) is 72.6 Å². The molecule has 1 fully saturated rings. The highest BCUT2D eigenvalue weighted by Gasteiger charge is 2.31. The summed E-state index contributed by atoms with van der Waals surface area (Å²) in [5.74, 6) is -0.480. The Labute approximate surface area is 145 Å². The van der Waals surface area contributed by atoms with E-state index >= 15 is 0 Å². The van der Waals surface area contributed by atoms with Crippen molar-refractivity contribution in [2.45, 2.75) is 20.3 Å². The number of carbonyl (C=O) groups is 1. The maximum Gasteiger partial charge on any atom is 0.281 e. The molecule has 0 saturated carbocycles. The molecule has 0 atom stereocenters. The van der Waals surface area contributed by atoms with Crippen LogP contribution in [0.3, 0.4) is 0 Å². The first-order chi connectivity index (χ1) is 11.5. The van der Waals surface area contributed by atoms with E-state index in [-0.39, 0.29) is 11.7 Å². The van der Waals surface area contributed by atoms with Gasteiger partial charge in [0, 0.05) is 0 Å². The first-order valence-electron chi connectivity index (χ1n) is 7.72.